The van der Waals surface area contributed by atoms with Crippen LogP contribution < -0.4 is 21.2 Å². The second kappa shape index (κ2) is 5.35. The minimum absolute atomic E-state index is 0.111. The number of hydrogen-bond donors (Lipinski definition) is 0. The van der Waals surface area contributed by atoms with E-state index in [1.165, 1.54) is 42.4 Å². The van der Waals surface area contributed by atoms with Crippen LogP contribution in [0.3, 0.4) is 0 Å². The fourth-order valence-corrected chi connectivity index (χ4v) is 5.36. The first-order chi connectivity index (χ1) is 7.66. The van der Waals surface area contributed by atoms with Crippen molar-refractivity contribution in [2.24, 2.45) is 0 Å². The first-order valence-corrected chi connectivity index (χ1v) is 8.24. The highest BCUT2D eigenvalue weighted by Crippen LogP contribution is 2.12. The Morgan fingerprint density at radius 2 is 1.69 bits per heavy atom. The molecule has 1 aromatic carbocycles. The van der Waals surface area contributed by atoms with Crippen molar-refractivity contribution in [3.63, 3.8) is 0 Å². The summed E-state index contributed by atoms with van der Waals surface area (Å²) in [7, 11) is 0. The van der Waals surface area contributed by atoms with Crippen LogP contribution in [0.1, 0.15) is 42.4 Å². The van der Waals surface area contributed by atoms with Crippen molar-refractivity contribution in [2.75, 3.05) is 0 Å². The summed E-state index contributed by atoms with van der Waals surface area (Å²) in [5.41, 5.74) is 4.42. The number of aryl methyl sites for hydroxylation is 3. The zero-order valence-corrected chi connectivity index (χ0v) is 12.6. The number of allylic oxidation sites excluding steroid dienone is 2. The van der Waals surface area contributed by atoms with Crippen molar-refractivity contribution < 1.29 is 21.2 Å². The van der Waals surface area contributed by atoms with Gasteiger partial charge < -0.3 is 0 Å². The van der Waals surface area contributed by atoms with Gasteiger partial charge in [-0.05, 0) is 46.1 Å². The van der Waals surface area contributed by atoms with Crippen LogP contribution in [0.15, 0.2) is 21.8 Å². The van der Waals surface area contributed by atoms with Crippen molar-refractivity contribution >= 4 is 0 Å². The Hall–Kier alpha value is -0.310. The molecule has 0 spiro atoms. The zero-order chi connectivity index (χ0) is 11.5. The second-order valence-corrected chi connectivity index (χ2v) is 7.71. The Bertz CT molecular complexity index is 392. The quantitative estimate of drug-likeness (QED) is 0.719. The molecule has 16 heavy (non-hydrogen) atoms. The summed E-state index contributed by atoms with van der Waals surface area (Å²) in [6.45, 7) is 6.75. The molecular weight excluding hydrogens is 307 g/mol. The molecule has 2 rings (SSSR count). The van der Waals surface area contributed by atoms with Gasteiger partial charge in [0, 0.05) is 17.5 Å². The van der Waals surface area contributed by atoms with Gasteiger partial charge in [-0.25, -0.2) is 0 Å². The van der Waals surface area contributed by atoms with E-state index in [0.29, 0.717) is 0 Å². The van der Waals surface area contributed by atoms with Crippen molar-refractivity contribution in [3.05, 3.63) is 42.0 Å². The van der Waals surface area contributed by atoms with Gasteiger partial charge >= 0.3 is 21.2 Å². The lowest BCUT2D eigenvalue weighted by Crippen LogP contribution is -3.61. The van der Waals surface area contributed by atoms with E-state index in [2.05, 4.69) is 39.0 Å². The minimum atomic E-state index is 0.111. The molecule has 0 saturated heterocycles. The molecule has 1 aliphatic rings. The van der Waals surface area contributed by atoms with E-state index in [-0.39, 0.29) is 21.2 Å². The molecule has 0 heterocycles. The van der Waals surface area contributed by atoms with Gasteiger partial charge in [-0.1, -0.05) is 17.7 Å². The first-order valence-electron chi connectivity index (χ1n) is 6.08. The number of rotatable bonds is 2. The second-order valence-electron chi connectivity index (χ2n) is 4.70. The molecule has 1 heteroatoms. The number of benzene rings is 1. The smallest absolute Gasteiger partial charge is 0.0518 e. The summed E-state index contributed by atoms with van der Waals surface area (Å²) < 4.78 is 3.43. The van der Waals surface area contributed by atoms with Gasteiger partial charge in [0.05, 0.1) is 0 Å². The van der Waals surface area contributed by atoms with Gasteiger partial charge in [0.2, 0.25) is 0 Å². The van der Waals surface area contributed by atoms with Gasteiger partial charge in [-0.3, -0.25) is 0 Å². The Morgan fingerprint density at radius 3 is 2.25 bits per heavy atom. The molecule has 0 unspecified atom stereocenters. The van der Waals surface area contributed by atoms with Crippen LogP contribution in [-0.2, 0) is 0 Å². The average molecular weight is 327 g/mol. The standard InChI is InChI=1S/C15H20I/c1-11-9-12(2)15(13(3)10-11)16-14-7-5-4-6-8-14/h7,9-10H,4-6,8H2,1-3H3/q+1. The lowest BCUT2D eigenvalue weighted by atomic mass is 10.1. The number of hydrogen-bond acceptors (Lipinski definition) is 0. The molecule has 0 fully saturated rings. The first kappa shape index (κ1) is 12.2. The SMILES string of the molecule is Cc1cc(C)c([I+]C2=CCCCC2)c(C)c1. The van der Waals surface area contributed by atoms with Crippen LogP contribution in [0.2, 0.25) is 0 Å². The topological polar surface area (TPSA) is 0 Å². The summed E-state index contributed by atoms with van der Waals surface area (Å²) in [5.74, 6) is 0. The van der Waals surface area contributed by atoms with E-state index < -0.39 is 0 Å². The van der Waals surface area contributed by atoms with Crippen LogP contribution in [0, 0.1) is 24.3 Å². The third-order valence-electron chi connectivity index (χ3n) is 3.03. The van der Waals surface area contributed by atoms with Crippen molar-refractivity contribution in [2.45, 2.75) is 46.5 Å². The Morgan fingerprint density at radius 1 is 1.00 bits per heavy atom. The molecule has 0 saturated carbocycles. The Balaban J connectivity index is 2.24. The third kappa shape index (κ3) is 2.88. The summed E-state index contributed by atoms with van der Waals surface area (Å²) >= 11 is 0.111. The molecule has 1 aromatic rings. The lowest BCUT2D eigenvalue weighted by Gasteiger charge is -2.05. The van der Waals surface area contributed by atoms with Gasteiger partial charge in [-0.2, -0.15) is 0 Å². The molecule has 1 aliphatic carbocycles. The van der Waals surface area contributed by atoms with Gasteiger partial charge in [0.15, 0.2) is 7.15 Å². The molecule has 0 amide bonds. The summed E-state index contributed by atoms with van der Waals surface area (Å²) in [6, 6.07) is 4.68. The molecule has 0 N–H and O–H groups in total. The number of halogens is 1. The molecule has 0 atom stereocenters. The maximum absolute atomic E-state index is 2.51. The molecule has 0 aliphatic heterocycles. The van der Waals surface area contributed by atoms with E-state index in [0.717, 1.165) is 0 Å². The third-order valence-corrected chi connectivity index (χ3v) is 6.95. The van der Waals surface area contributed by atoms with E-state index in [1.807, 2.05) is 0 Å². The minimum Gasteiger partial charge on any atom is -0.0518 e. The van der Waals surface area contributed by atoms with E-state index in [4.69, 9.17) is 0 Å². The van der Waals surface area contributed by atoms with Crippen LogP contribution in [0.4, 0.5) is 0 Å². The normalized spacial score (nSPS) is 16.1. The maximum atomic E-state index is 2.51. The summed E-state index contributed by atoms with van der Waals surface area (Å²) in [4.78, 5) is 0. The summed E-state index contributed by atoms with van der Waals surface area (Å²) in [5, 5.41) is 0. The average Bonchev–Trinajstić information content (AvgIpc) is 2.25. The Labute approximate surface area is 109 Å². The maximum Gasteiger partial charge on any atom is 0.353 e. The fourth-order valence-electron chi connectivity index (χ4n) is 2.32. The predicted molar refractivity (Wildman–Crippen MR) is 65.9 cm³/mol. The van der Waals surface area contributed by atoms with Gasteiger partial charge in [0.1, 0.15) is 0 Å². The molecule has 0 nitrogen and oxygen atoms in total. The molecule has 0 aromatic heterocycles. The van der Waals surface area contributed by atoms with E-state index in [9.17, 15) is 0 Å². The van der Waals surface area contributed by atoms with E-state index >= 15 is 0 Å². The zero-order valence-electron chi connectivity index (χ0n) is 10.4. The lowest BCUT2D eigenvalue weighted by molar-refractivity contribution is -0.580. The van der Waals surface area contributed by atoms with Crippen LogP contribution >= 0.6 is 0 Å². The fraction of sp³-hybridized carbons (Fsp3) is 0.467. The predicted octanol–water partition coefficient (Wildman–Crippen LogP) is 1.33. The highest BCUT2D eigenvalue weighted by Gasteiger charge is 2.24. The van der Waals surface area contributed by atoms with Crippen molar-refractivity contribution in [1.82, 2.24) is 0 Å². The van der Waals surface area contributed by atoms with E-state index in [1.54, 1.807) is 7.15 Å². The van der Waals surface area contributed by atoms with Gasteiger partial charge in [-0.15, -0.1) is 0 Å². The van der Waals surface area contributed by atoms with Crippen molar-refractivity contribution in [1.29, 1.82) is 0 Å². The van der Waals surface area contributed by atoms with Gasteiger partial charge in [0.25, 0.3) is 0 Å². The molecule has 0 bridgehead atoms. The molecule has 0 radical (unpaired) electrons. The van der Waals surface area contributed by atoms with Crippen molar-refractivity contribution in [3.8, 4) is 0 Å². The largest absolute Gasteiger partial charge is 0.353 e. The Kier molecular flexibility index (Phi) is 4.06. The molecular formula is C15H20I+. The summed E-state index contributed by atoms with van der Waals surface area (Å²) in [6.07, 6.45) is 8.00. The van der Waals surface area contributed by atoms with Crippen LogP contribution in [0.25, 0.3) is 0 Å². The highest BCUT2D eigenvalue weighted by molar-refractivity contribution is 5.27. The monoisotopic (exact) mass is 327 g/mol. The van der Waals surface area contributed by atoms with Crippen LogP contribution in [0.5, 0.6) is 0 Å². The molecule has 86 valence electrons. The van der Waals surface area contributed by atoms with Crippen LogP contribution in [-0.4, -0.2) is 0 Å². The highest BCUT2D eigenvalue weighted by atomic mass is 127.